The molecule has 9 heteroatoms. The summed E-state index contributed by atoms with van der Waals surface area (Å²) in [6.45, 7) is 0.0458. The molecule has 0 saturated heterocycles. The zero-order valence-electron chi connectivity index (χ0n) is 15.3. The Morgan fingerprint density at radius 3 is 2.50 bits per heavy atom. The smallest absolute Gasteiger partial charge is 0.267 e. The first kappa shape index (κ1) is 19.4. The highest BCUT2D eigenvalue weighted by molar-refractivity contribution is 7.89. The van der Waals surface area contributed by atoms with Gasteiger partial charge in [-0.2, -0.15) is 18.3 Å². The van der Waals surface area contributed by atoms with Crippen LogP contribution in [0.1, 0.15) is 54.1 Å². The van der Waals surface area contributed by atoms with Gasteiger partial charge in [-0.15, -0.1) is 0 Å². The number of fused-ring (bicyclic) bond motifs is 1. The van der Waals surface area contributed by atoms with Gasteiger partial charge in [0.05, 0.1) is 11.4 Å². The van der Waals surface area contributed by atoms with E-state index in [1.165, 1.54) is 10.2 Å². The van der Waals surface area contributed by atoms with E-state index < -0.39 is 21.9 Å². The van der Waals surface area contributed by atoms with Gasteiger partial charge in [-0.25, -0.2) is 13.1 Å². The molecule has 0 radical (unpaired) electrons. The van der Waals surface area contributed by atoms with Gasteiger partial charge in [0, 0.05) is 18.2 Å². The number of aromatic nitrogens is 2. The van der Waals surface area contributed by atoms with Crippen molar-refractivity contribution in [2.75, 3.05) is 6.54 Å². The number of halogens is 3. The molecular weight excluding hydrogens is 391 g/mol. The van der Waals surface area contributed by atoms with Crippen LogP contribution in [-0.4, -0.2) is 24.7 Å². The van der Waals surface area contributed by atoms with Gasteiger partial charge < -0.3 is 0 Å². The summed E-state index contributed by atoms with van der Waals surface area (Å²) in [6.07, 6.45) is 1.18. The second kappa shape index (κ2) is 7.18. The fourth-order valence-electron chi connectivity index (χ4n) is 3.70. The highest BCUT2D eigenvalue weighted by Crippen LogP contribution is 2.42. The third-order valence-corrected chi connectivity index (χ3v) is 6.80. The molecule has 2 aromatic rings. The first-order valence-corrected chi connectivity index (χ1v) is 11.0. The maximum atomic E-state index is 12.9. The second-order valence-corrected chi connectivity index (χ2v) is 9.25. The van der Waals surface area contributed by atoms with E-state index in [1.54, 1.807) is 12.1 Å². The quantitative estimate of drug-likeness (QED) is 0.787. The van der Waals surface area contributed by atoms with Crippen LogP contribution in [0.2, 0.25) is 0 Å². The molecule has 2 aliphatic rings. The van der Waals surface area contributed by atoms with Gasteiger partial charge in [0.1, 0.15) is 0 Å². The standard InChI is InChI=1S/C19H22F3N3O2S/c20-19(21,22)18-12-17(14-5-6-14)25(24-18)10-9-23-28(26,27)16-8-7-13-3-1-2-4-15(13)11-16/h7-8,11-12,14,23H,1-6,9-10H2. The molecular formula is C19H22F3N3O2S. The minimum Gasteiger partial charge on any atom is -0.267 e. The molecule has 0 bridgehead atoms. The summed E-state index contributed by atoms with van der Waals surface area (Å²) in [5.74, 6) is 0.0841. The van der Waals surface area contributed by atoms with Crippen molar-refractivity contribution in [2.24, 2.45) is 0 Å². The van der Waals surface area contributed by atoms with Gasteiger partial charge >= 0.3 is 6.18 Å². The van der Waals surface area contributed by atoms with Crippen LogP contribution in [0.3, 0.4) is 0 Å². The Balaban J connectivity index is 1.45. The van der Waals surface area contributed by atoms with E-state index >= 15 is 0 Å². The molecule has 0 unspecified atom stereocenters. The van der Waals surface area contributed by atoms with Crippen molar-refractivity contribution >= 4 is 10.0 Å². The molecule has 1 aromatic carbocycles. The van der Waals surface area contributed by atoms with E-state index in [4.69, 9.17) is 0 Å². The molecule has 0 amide bonds. The van der Waals surface area contributed by atoms with Crippen molar-refractivity contribution in [3.05, 3.63) is 46.8 Å². The first-order chi connectivity index (χ1) is 13.2. The van der Waals surface area contributed by atoms with Crippen molar-refractivity contribution in [1.29, 1.82) is 0 Å². The molecule has 0 atom stereocenters. The van der Waals surface area contributed by atoms with Crippen LogP contribution in [0.15, 0.2) is 29.2 Å². The lowest BCUT2D eigenvalue weighted by atomic mass is 9.92. The van der Waals surface area contributed by atoms with Gasteiger partial charge in [0.2, 0.25) is 10.0 Å². The van der Waals surface area contributed by atoms with Crippen molar-refractivity contribution in [2.45, 2.75) is 62.1 Å². The maximum Gasteiger partial charge on any atom is 0.435 e. The van der Waals surface area contributed by atoms with Crippen molar-refractivity contribution in [1.82, 2.24) is 14.5 Å². The number of hydrogen-bond donors (Lipinski definition) is 1. The van der Waals surface area contributed by atoms with Crippen molar-refractivity contribution in [3.8, 4) is 0 Å². The Labute approximate surface area is 162 Å². The summed E-state index contributed by atoms with van der Waals surface area (Å²) in [6, 6.07) is 6.24. The molecule has 0 spiro atoms. The Morgan fingerprint density at radius 2 is 1.82 bits per heavy atom. The van der Waals surface area contributed by atoms with Crippen LogP contribution in [0.5, 0.6) is 0 Å². The van der Waals surface area contributed by atoms with E-state index in [-0.39, 0.29) is 23.9 Å². The Morgan fingerprint density at radius 1 is 1.11 bits per heavy atom. The number of nitrogens with one attached hydrogen (secondary N) is 1. The Hall–Kier alpha value is -1.87. The SMILES string of the molecule is O=S(=O)(NCCn1nc(C(F)(F)F)cc1C1CC1)c1ccc2c(c1)CCCC2. The summed E-state index contributed by atoms with van der Waals surface area (Å²) < 4.78 is 67.8. The predicted molar refractivity (Wildman–Crippen MR) is 97.5 cm³/mol. The molecule has 1 saturated carbocycles. The number of aryl methyl sites for hydroxylation is 2. The van der Waals surface area contributed by atoms with E-state index in [0.29, 0.717) is 5.69 Å². The monoisotopic (exact) mass is 413 g/mol. The lowest BCUT2D eigenvalue weighted by Crippen LogP contribution is -2.28. The largest absolute Gasteiger partial charge is 0.435 e. The minimum atomic E-state index is -4.50. The third-order valence-electron chi connectivity index (χ3n) is 5.34. The summed E-state index contributed by atoms with van der Waals surface area (Å²) >= 11 is 0. The molecule has 5 nitrogen and oxygen atoms in total. The molecule has 1 fully saturated rings. The van der Waals surface area contributed by atoms with Crippen LogP contribution in [0.4, 0.5) is 13.2 Å². The van der Waals surface area contributed by atoms with Gasteiger partial charge in [0.25, 0.3) is 0 Å². The van der Waals surface area contributed by atoms with E-state index in [2.05, 4.69) is 9.82 Å². The lowest BCUT2D eigenvalue weighted by molar-refractivity contribution is -0.141. The average molecular weight is 413 g/mol. The fraction of sp³-hybridized carbons (Fsp3) is 0.526. The number of sulfonamides is 1. The first-order valence-electron chi connectivity index (χ1n) is 9.50. The van der Waals surface area contributed by atoms with Gasteiger partial charge in [0.15, 0.2) is 5.69 Å². The molecule has 1 N–H and O–H groups in total. The Bertz CT molecular complexity index is 979. The predicted octanol–water partition coefficient (Wildman–Crippen LogP) is 3.64. The van der Waals surface area contributed by atoms with E-state index in [9.17, 15) is 21.6 Å². The van der Waals surface area contributed by atoms with Crippen LogP contribution < -0.4 is 4.72 Å². The van der Waals surface area contributed by atoms with E-state index in [0.717, 1.165) is 50.2 Å². The van der Waals surface area contributed by atoms with Gasteiger partial charge in [-0.1, -0.05) is 6.07 Å². The third kappa shape index (κ3) is 4.10. The van der Waals surface area contributed by atoms with Gasteiger partial charge in [-0.3, -0.25) is 4.68 Å². The maximum absolute atomic E-state index is 12.9. The highest BCUT2D eigenvalue weighted by Gasteiger charge is 2.37. The van der Waals surface area contributed by atoms with Gasteiger partial charge in [-0.05, 0) is 67.9 Å². The average Bonchev–Trinajstić information content (AvgIpc) is 3.40. The zero-order valence-corrected chi connectivity index (χ0v) is 16.1. The molecule has 1 heterocycles. The molecule has 28 heavy (non-hydrogen) atoms. The summed E-state index contributed by atoms with van der Waals surface area (Å²) in [5.41, 5.74) is 1.86. The van der Waals surface area contributed by atoms with Crippen LogP contribution in [0, 0.1) is 0 Å². The zero-order chi connectivity index (χ0) is 19.9. The van der Waals surface area contributed by atoms with Crippen LogP contribution in [-0.2, 0) is 35.6 Å². The normalized spacial score (nSPS) is 17.5. The molecule has 4 rings (SSSR count). The Kier molecular flexibility index (Phi) is 4.99. The molecule has 2 aliphatic carbocycles. The topological polar surface area (TPSA) is 64.0 Å². The van der Waals surface area contributed by atoms with Crippen LogP contribution in [0.25, 0.3) is 0 Å². The van der Waals surface area contributed by atoms with Crippen LogP contribution >= 0.6 is 0 Å². The van der Waals surface area contributed by atoms with Crippen molar-refractivity contribution in [3.63, 3.8) is 0 Å². The number of hydrogen-bond acceptors (Lipinski definition) is 3. The summed E-state index contributed by atoms with van der Waals surface area (Å²) in [4.78, 5) is 0.201. The number of benzene rings is 1. The number of rotatable bonds is 6. The number of alkyl halides is 3. The summed E-state index contributed by atoms with van der Waals surface area (Å²) in [7, 11) is -3.72. The molecule has 1 aromatic heterocycles. The number of nitrogens with zero attached hydrogens (tertiary/aromatic N) is 2. The van der Waals surface area contributed by atoms with E-state index in [1.807, 2.05) is 6.07 Å². The highest BCUT2D eigenvalue weighted by atomic mass is 32.2. The second-order valence-electron chi connectivity index (χ2n) is 7.49. The minimum absolute atomic E-state index is 0.0158. The lowest BCUT2D eigenvalue weighted by Gasteiger charge is -2.17. The molecule has 152 valence electrons. The molecule has 0 aliphatic heterocycles. The summed E-state index contributed by atoms with van der Waals surface area (Å²) in [5, 5.41) is 3.65. The van der Waals surface area contributed by atoms with Crippen molar-refractivity contribution < 1.29 is 21.6 Å². The fourth-order valence-corrected chi connectivity index (χ4v) is 4.77.